The van der Waals surface area contributed by atoms with E-state index in [1.54, 1.807) is 0 Å². The van der Waals surface area contributed by atoms with Gasteiger partial charge in [-0.05, 0) is 49.3 Å². The lowest BCUT2D eigenvalue weighted by Crippen LogP contribution is -2.53. The molecule has 2 fully saturated rings. The number of nitrogens with zero attached hydrogens (tertiary/aromatic N) is 1. The third-order valence-electron chi connectivity index (χ3n) is 7.89. The fourth-order valence-corrected chi connectivity index (χ4v) is 5.55. The number of carbonyl (C=O) groups excluding carboxylic acids is 2. The monoisotopic (exact) mass is 507 g/mol. The second kappa shape index (κ2) is 11.1. The van der Waals surface area contributed by atoms with Crippen molar-refractivity contribution in [2.75, 3.05) is 26.2 Å². The van der Waals surface area contributed by atoms with E-state index in [0.717, 1.165) is 42.6 Å². The Kier molecular flexibility index (Phi) is 7.67. The Hall–Kier alpha value is -3.10. The second-order valence-electron chi connectivity index (χ2n) is 10.5. The standard InChI is InChI=1S/C29H37N3O5/c1-2-20-9-10-26-22(15-20)24(17-29(37-26)11-6-12-29)30-18-25(33)23(16-21-7-4-3-5-8-21)31-27(34)19-32-13-14-36-28(32)35/h3-5,7-10,15,23-25,30,33H,2,6,11-14,16-19H2,1H3,(H,31,34)/t23-,24-,25-/m0/s1. The van der Waals surface area contributed by atoms with Crippen LogP contribution in [0.5, 0.6) is 5.75 Å². The Morgan fingerprint density at radius 2 is 2.00 bits per heavy atom. The van der Waals surface area contributed by atoms with Crippen molar-refractivity contribution in [3.05, 3.63) is 65.2 Å². The first-order valence-corrected chi connectivity index (χ1v) is 13.4. The van der Waals surface area contributed by atoms with E-state index in [1.165, 1.54) is 16.9 Å². The minimum atomic E-state index is -0.826. The van der Waals surface area contributed by atoms with Crippen molar-refractivity contribution in [3.63, 3.8) is 0 Å². The Bertz CT molecular complexity index is 1100. The molecule has 1 saturated carbocycles. The maximum Gasteiger partial charge on any atom is 0.410 e. The average molecular weight is 508 g/mol. The van der Waals surface area contributed by atoms with Crippen LogP contribution < -0.4 is 15.4 Å². The molecule has 198 valence electrons. The second-order valence-corrected chi connectivity index (χ2v) is 10.5. The molecular formula is C29H37N3O5. The minimum absolute atomic E-state index is 0.0673. The van der Waals surface area contributed by atoms with Crippen LogP contribution in [0.15, 0.2) is 48.5 Å². The lowest BCUT2D eigenvalue weighted by molar-refractivity contribution is -0.123. The number of amides is 2. The SMILES string of the molecule is CCc1ccc2c(c1)[C@@H](NC[C@H](O)[C@H](Cc1ccccc1)NC(=O)CN1CCOC1=O)CC1(CCC1)O2. The summed E-state index contributed by atoms with van der Waals surface area (Å²) in [6.45, 7) is 3.06. The maximum absolute atomic E-state index is 12.8. The highest BCUT2D eigenvalue weighted by molar-refractivity contribution is 5.83. The van der Waals surface area contributed by atoms with Crippen molar-refractivity contribution < 1.29 is 24.2 Å². The summed E-state index contributed by atoms with van der Waals surface area (Å²) in [5, 5.41) is 17.9. The number of hydrogen-bond acceptors (Lipinski definition) is 6. The smallest absolute Gasteiger partial charge is 0.410 e. The van der Waals surface area contributed by atoms with Crippen LogP contribution in [0.2, 0.25) is 0 Å². The Morgan fingerprint density at radius 3 is 2.68 bits per heavy atom. The Morgan fingerprint density at radius 1 is 1.19 bits per heavy atom. The fraction of sp³-hybridized carbons (Fsp3) is 0.517. The number of benzene rings is 2. The summed E-state index contributed by atoms with van der Waals surface area (Å²) < 4.78 is 11.4. The van der Waals surface area contributed by atoms with Crippen LogP contribution in [-0.4, -0.2) is 66.0 Å². The molecule has 1 aliphatic carbocycles. The number of hydrogen-bond donors (Lipinski definition) is 3. The van der Waals surface area contributed by atoms with Crippen LogP contribution >= 0.6 is 0 Å². The summed E-state index contributed by atoms with van der Waals surface area (Å²) >= 11 is 0. The Balaban J connectivity index is 1.28. The molecule has 2 aromatic carbocycles. The number of carbonyl (C=O) groups is 2. The summed E-state index contributed by atoms with van der Waals surface area (Å²) in [4.78, 5) is 26.0. The molecule has 0 unspecified atom stereocenters. The van der Waals surface area contributed by atoms with E-state index in [2.05, 4.69) is 35.8 Å². The van der Waals surface area contributed by atoms with Crippen molar-refractivity contribution in [2.45, 2.75) is 69.2 Å². The minimum Gasteiger partial charge on any atom is -0.487 e. The molecule has 2 aliphatic heterocycles. The molecule has 1 saturated heterocycles. The van der Waals surface area contributed by atoms with Crippen molar-refractivity contribution >= 4 is 12.0 Å². The molecule has 8 nitrogen and oxygen atoms in total. The van der Waals surface area contributed by atoms with Gasteiger partial charge in [-0.15, -0.1) is 0 Å². The third kappa shape index (κ3) is 5.91. The number of rotatable bonds is 10. The van der Waals surface area contributed by atoms with E-state index < -0.39 is 18.2 Å². The molecule has 3 atom stereocenters. The largest absolute Gasteiger partial charge is 0.487 e. The molecule has 37 heavy (non-hydrogen) atoms. The summed E-state index contributed by atoms with van der Waals surface area (Å²) in [6, 6.07) is 15.8. The molecule has 3 N–H and O–H groups in total. The van der Waals surface area contributed by atoms with Gasteiger partial charge in [-0.1, -0.05) is 49.4 Å². The van der Waals surface area contributed by atoms with Crippen LogP contribution in [0.25, 0.3) is 0 Å². The molecule has 2 heterocycles. The van der Waals surface area contributed by atoms with Gasteiger partial charge in [0.05, 0.1) is 18.7 Å². The molecule has 2 amide bonds. The van der Waals surface area contributed by atoms with Gasteiger partial charge in [-0.2, -0.15) is 0 Å². The molecule has 1 spiro atoms. The van der Waals surface area contributed by atoms with Crippen LogP contribution in [-0.2, 0) is 22.4 Å². The van der Waals surface area contributed by atoms with Crippen molar-refractivity contribution in [2.24, 2.45) is 0 Å². The van der Waals surface area contributed by atoms with Crippen LogP contribution in [0, 0.1) is 0 Å². The summed E-state index contributed by atoms with van der Waals surface area (Å²) in [5.41, 5.74) is 3.30. The van der Waals surface area contributed by atoms with E-state index in [-0.39, 0.29) is 24.1 Å². The van der Waals surface area contributed by atoms with Crippen LogP contribution in [0.1, 0.15) is 55.3 Å². The van der Waals surface area contributed by atoms with E-state index in [1.807, 2.05) is 30.3 Å². The first kappa shape index (κ1) is 25.5. The van der Waals surface area contributed by atoms with Crippen LogP contribution in [0.4, 0.5) is 4.79 Å². The molecule has 0 aromatic heterocycles. The zero-order chi connectivity index (χ0) is 25.8. The van der Waals surface area contributed by atoms with Gasteiger partial charge in [0.2, 0.25) is 5.91 Å². The average Bonchev–Trinajstić information content (AvgIpc) is 3.29. The third-order valence-corrected chi connectivity index (χ3v) is 7.89. The van der Waals surface area contributed by atoms with E-state index in [9.17, 15) is 14.7 Å². The normalized spacial score (nSPS) is 21.4. The number of nitrogens with one attached hydrogen (secondary N) is 2. The van der Waals surface area contributed by atoms with Crippen molar-refractivity contribution in [1.82, 2.24) is 15.5 Å². The highest BCUT2D eigenvalue weighted by Crippen LogP contribution is 2.49. The predicted octanol–water partition coefficient (Wildman–Crippen LogP) is 3.13. The molecule has 2 aromatic rings. The highest BCUT2D eigenvalue weighted by atomic mass is 16.6. The van der Waals surface area contributed by atoms with Gasteiger partial charge >= 0.3 is 6.09 Å². The summed E-state index contributed by atoms with van der Waals surface area (Å²) in [6.07, 6.45) is 4.26. The topological polar surface area (TPSA) is 100 Å². The summed E-state index contributed by atoms with van der Waals surface area (Å²) in [5.74, 6) is 0.623. The van der Waals surface area contributed by atoms with E-state index in [4.69, 9.17) is 9.47 Å². The molecule has 5 rings (SSSR count). The zero-order valence-electron chi connectivity index (χ0n) is 21.4. The zero-order valence-corrected chi connectivity index (χ0v) is 21.4. The van der Waals surface area contributed by atoms with Gasteiger partial charge in [0, 0.05) is 24.6 Å². The van der Waals surface area contributed by atoms with Gasteiger partial charge in [0.1, 0.15) is 24.5 Å². The van der Waals surface area contributed by atoms with Gasteiger partial charge < -0.3 is 25.2 Å². The molecule has 0 bridgehead atoms. The van der Waals surface area contributed by atoms with E-state index in [0.29, 0.717) is 26.1 Å². The molecule has 8 heteroatoms. The molecule has 0 radical (unpaired) electrons. The molecular weight excluding hydrogens is 470 g/mol. The number of cyclic esters (lactones) is 1. The summed E-state index contributed by atoms with van der Waals surface area (Å²) in [7, 11) is 0. The van der Waals surface area contributed by atoms with Gasteiger partial charge in [-0.25, -0.2) is 4.79 Å². The number of aryl methyl sites for hydroxylation is 1. The molecule has 3 aliphatic rings. The van der Waals surface area contributed by atoms with Gasteiger partial charge in [-0.3, -0.25) is 9.69 Å². The fourth-order valence-electron chi connectivity index (χ4n) is 5.55. The number of aliphatic hydroxyl groups is 1. The van der Waals surface area contributed by atoms with Crippen molar-refractivity contribution in [3.8, 4) is 5.75 Å². The Labute approximate surface area is 218 Å². The first-order valence-electron chi connectivity index (χ1n) is 13.4. The number of aliphatic hydroxyl groups excluding tert-OH is 1. The lowest BCUT2D eigenvalue weighted by atomic mass is 9.72. The first-order chi connectivity index (χ1) is 17.9. The number of fused-ring (bicyclic) bond motifs is 1. The number of ether oxygens (including phenoxy) is 2. The van der Waals surface area contributed by atoms with Gasteiger partial charge in [0.25, 0.3) is 0 Å². The highest BCUT2D eigenvalue weighted by Gasteiger charge is 2.45. The maximum atomic E-state index is 12.8. The van der Waals surface area contributed by atoms with Crippen molar-refractivity contribution in [1.29, 1.82) is 0 Å². The van der Waals surface area contributed by atoms with Crippen LogP contribution in [0.3, 0.4) is 0 Å². The predicted molar refractivity (Wildman–Crippen MR) is 139 cm³/mol. The quantitative estimate of drug-likeness (QED) is 0.457. The van der Waals surface area contributed by atoms with E-state index >= 15 is 0 Å². The van der Waals surface area contributed by atoms with Gasteiger partial charge in [0.15, 0.2) is 0 Å². The lowest BCUT2D eigenvalue weighted by Gasteiger charge is -2.48.